The van der Waals surface area contributed by atoms with Crippen molar-refractivity contribution in [3.8, 4) is 28.6 Å². The van der Waals surface area contributed by atoms with Crippen LogP contribution in [0.25, 0.3) is 11.3 Å². The SMILES string of the molecule is CCCCCSc1nnc2c(n1)OC(c1cc(Br)cc(OC)c1OC)Nc1ccccc1-2. The molecule has 1 N–H and O–H groups in total. The molecule has 7 nitrogen and oxygen atoms in total. The van der Waals surface area contributed by atoms with Crippen molar-refractivity contribution in [3.05, 3.63) is 46.4 Å². The number of hydrogen-bond acceptors (Lipinski definition) is 8. The van der Waals surface area contributed by atoms with Crippen LogP contribution in [0.4, 0.5) is 5.69 Å². The molecule has 0 aliphatic carbocycles. The Kier molecular flexibility index (Phi) is 7.36. The molecule has 168 valence electrons. The third-order valence-corrected chi connectivity index (χ3v) is 6.45. The summed E-state index contributed by atoms with van der Waals surface area (Å²) in [7, 11) is 3.22. The molecule has 0 radical (unpaired) electrons. The van der Waals surface area contributed by atoms with Crippen LogP contribution in [0.1, 0.15) is 38.0 Å². The lowest BCUT2D eigenvalue weighted by atomic mass is 10.1. The van der Waals surface area contributed by atoms with Crippen molar-refractivity contribution in [2.24, 2.45) is 0 Å². The number of fused-ring (bicyclic) bond motifs is 3. The van der Waals surface area contributed by atoms with Gasteiger partial charge in [0, 0.05) is 21.5 Å². The van der Waals surface area contributed by atoms with E-state index < -0.39 is 6.23 Å². The number of nitrogens with one attached hydrogen (secondary N) is 1. The van der Waals surface area contributed by atoms with Gasteiger partial charge in [0.05, 0.1) is 19.8 Å². The predicted molar refractivity (Wildman–Crippen MR) is 130 cm³/mol. The normalized spacial score (nSPS) is 14.4. The molecule has 2 aromatic carbocycles. The van der Waals surface area contributed by atoms with Crippen LogP contribution in [0.3, 0.4) is 0 Å². The average molecular weight is 517 g/mol. The third-order valence-electron chi connectivity index (χ3n) is 5.07. The molecule has 0 saturated carbocycles. The summed E-state index contributed by atoms with van der Waals surface area (Å²) in [4.78, 5) is 4.71. The first-order valence-electron chi connectivity index (χ1n) is 10.5. The second-order valence-corrected chi connectivity index (χ2v) is 9.20. The number of para-hydroxylation sites is 1. The lowest BCUT2D eigenvalue weighted by Gasteiger charge is -2.22. The summed E-state index contributed by atoms with van der Waals surface area (Å²) >= 11 is 5.16. The van der Waals surface area contributed by atoms with E-state index >= 15 is 0 Å². The van der Waals surface area contributed by atoms with Crippen LogP contribution in [0.2, 0.25) is 0 Å². The van der Waals surface area contributed by atoms with Crippen molar-refractivity contribution in [1.29, 1.82) is 0 Å². The van der Waals surface area contributed by atoms with E-state index in [4.69, 9.17) is 19.2 Å². The molecular formula is C23H25BrN4O3S. The molecule has 4 rings (SSSR count). The van der Waals surface area contributed by atoms with E-state index in [0.29, 0.717) is 28.2 Å². The summed E-state index contributed by atoms with van der Waals surface area (Å²) in [5.41, 5.74) is 3.14. The van der Waals surface area contributed by atoms with Gasteiger partial charge in [-0.15, -0.1) is 10.2 Å². The summed E-state index contributed by atoms with van der Waals surface area (Å²) in [5.74, 6) is 2.57. The van der Waals surface area contributed by atoms with E-state index in [-0.39, 0.29) is 0 Å². The molecule has 1 aliphatic heterocycles. The van der Waals surface area contributed by atoms with Crippen LogP contribution in [-0.2, 0) is 0 Å². The second kappa shape index (κ2) is 10.4. The average Bonchev–Trinajstić information content (AvgIpc) is 2.97. The Labute approximate surface area is 200 Å². The van der Waals surface area contributed by atoms with Gasteiger partial charge in [-0.2, -0.15) is 4.98 Å². The third kappa shape index (κ3) is 4.78. The first-order valence-corrected chi connectivity index (χ1v) is 12.2. The van der Waals surface area contributed by atoms with Crippen molar-refractivity contribution in [2.75, 3.05) is 25.3 Å². The first-order chi connectivity index (χ1) is 15.6. The maximum absolute atomic E-state index is 6.40. The Morgan fingerprint density at radius 2 is 1.97 bits per heavy atom. The molecule has 0 bridgehead atoms. The number of nitrogens with zero attached hydrogens (tertiary/aromatic N) is 3. The highest BCUT2D eigenvalue weighted by molar-refractivity contribution is 9.10. The summed E-state index contributed by atoms with van der Waals surface area (Å²) < 4.78 is 18.4. The molecule has 1 aromatic heterocycles. The molecule has 0 amide bonds. The van der Waals surface area contributed by atoms with Gasteiger partial charge in [-0.05, 0) is 24.6 Å². The number of aromatic nitrogens is 3. The van der Waals surface area contributed by atoms with Gasteiger partial charge in [-0.1, -0.05) is 65.7 Å². The highest BCUT2D eigenvalue weighted by Gasteiger charge is 2.29. The monoisotopic (exact) mass is 516 g/mol. The van der Waals surface area contributed by atoms with Crippen molar-refractivity contribution in [3.63, 3.8) is 0 Å². The zero-order valence-electron chi connectivity index (χ0n) is 18.2. The van der Waals surface area contributed by atoms with Gasteiger partial charge in [0.1, 0.15) is 0 Å². The number of anilines is 1. The van der Waals surface area contributed by atoms with Gasteiger partial charge in [0.2, 0.25) is 17.3 Å². The Balaban J connectivity index is 1.76. The number of halogens is 1. The Bertz CT molecular complexity index is 1100. The molecule has 0 spiro atoms. The molecule has 9 heteroatoms. The topological polar surface area (TPSA) is 78.4 Å². The molecule has 1 unspecified atom stereocenters. The minimum atomic E-state index is -0.576. The van der Waals surface area contributed by atoms with Gasteiger partial charge < -0.3 is 19.5 Å². The maximum atomic E-state index is 6.40. The Morgan fingerprint density at radius 1 is 1.12 bits per heavy atom. The van der Waals surface area contributed by atoms with E-state index in [9.17, 15) is 0 Å². The van der Waals surface area contributed by atoms with Gasteiger partial charge in [0.25, 0.3) is 0 Å². The van der Waals surface area contributed by atoms with E-state index in [0.717, 1.165) is 33.5 Å². The number of thioether (sulfide) groups is 1. The zero-order valence-corrected chi connectivity index (χ0v) is 20.6. The van der Waals surface area contributed by atoms with Crippen LogP contribution in [0.15, 0.2) is 46.0 Å². The molecule has 0 fully saturated rings. The number of ether oxygens (including phenoxy) is 3. The van der Waals surface area contributed by atoms with Crippen molar-refractivity contribution in [1.82, 2.24) is 15.2 Å². The van der Waals surface area contributed by atoms with E-state index in [2.05, 4.69) is 38.4 Å². The zero-order chi connectivity index (χ0) is 22.5. The van der Waals surface area contributed by atoms with Crippen LogP contribution in [0, 0.1) is 0 Å². The fourth-order valence-electron chi connectivity index (χ4n) is 3.52. The van der Waals surface area contributed by atoms with Gasteiger partial charge in [-0.3, -0.25) is 0 Å². The summed E-state index contributed by atoms with van der Waals surface area (Å²) in [6.07, 6.45) is 2.90. The minimum Gasteiger partial charge on any atom is -0.493 e. The highest BCUT2D eigenvalue weighted by atomic mass is 79.9. The van der Waals surface area contributed by atoms with Crippen LogP contribution in [0.5, 0.6) is 17.4 Å². The van der Waals surface area contributed by atoms with Gasteiger partial charge >= 0.3 is 0 Å². The van der Waals surface area contributed by atoms with Gasteiger partial charge in [0.15, 0.2) is 17.2 Å². The van der Waals surface area contributed by atoms with Crippen LogP contribution in [-0.4, -0.2) is 35.2 Å². The highest BCUT2D eigenvalue weighted by Crippen LogP contribution is 2.44. The smallest absolute Gasteiger partial charge is 0.247 e. The number of rotatable bonds is 8. The molecule has 1 aliphatic rings. The van der Waals surface area contributed by atoms with E-state index in [1.54, 1.807) is 26.0 Å². The number of benzene rings is 2. The molecule has 2 heterocycles. The molecule has 32 heavy (non-hydrogen) atoms. The summed E-state index contributed by atoms with van der Waals surface area (Å²) in [6, 6.07) is 11.7. The minimum absolute atomic E-state index is 0.432. The standard InChI is InChI=1S/C23H25BrN4O3S/c1-4-5-8-11-32-23-26-22-19(27-28-23)15-9-6-7-10-17(15)25-21(31-22)16-12-14(24)13-18(29-2)20(16)30-3/h6-7,9-10,12-13,21,25H,4-5,8,11H2,1-3H3. The lowest BCUT2D eigenvalue weighted by molar-refractivity contribution is 0.218. The quantitative estimate of drug-likeness (QED) is 0.284. The Hall–Kier alpha value is -2.52. The summed E-state index contributed by atoms with van der Waals surface area (Å²) in [6.45, 7) is 2.19. The molecular weight excluding hydrogens is 492 g/mol. The van der Waals surface area contributed by atoms with Crippen molar-refractivity contribution < 1.29 is 14.2 Å². The largest absolute Gasteiger partial charge is 0.493 e. The fourth-order valence-corrected chi connectivity index (χ4v) is 4.75. The van der Waals surface area contributed by atoms with E-state index in [1.165, 1.54) is 12.8 Å². The fraction of sp³-hybridized carbons (Fsp3) is 0.348. The second-order valence-electron chi connectivity index (χ2n) is 7.22. The molecule has 3 aromatic rings. The van der Waals surface area contributed by atoms with Crippen molar-refractivity contribution in [2.45, 2.75) is 37.6 Å². The number of methoxy groups -OCH3 is 2. The van der Waals surface area contributed by atoms with E-state index in [1.807, 2.05) is 36.4 Å². The first kappa shape index (κ1) is 22.7. The maximum Gasteiger partial charge on any atom is 0.247 e. The van der Waals surface area contributed by atoms with Crippen molar-refractivity contribution >= 4 is 33.4 Å². The predicted octanol–water partition coefficient (Wildman–Crippen LogP) is 6.10. The lowest BCUT2D eigenvalue weighted by Crippen LogP contribution is -2.18. The molecule has 1 atom stereocenters. The summed E-state index contributed by atoms with van der Waals surface area (Å²) in [5, 5.41) is 12.9. The number of unbranched alkanes of at least 4 members (excludes halogenated alkanes) is 2. The number of hydrogen-bond donors (Lipinski definition) is 1. The van der Waals surface area contributed by atoms with Crippen LogP contribution >= 0.6 is 27.7 Å². The molecule has 0 saturated heterocycles. The van der Waals surface area contributed by atoms with Gasteiger partial charge in [-0.25, -0.2) is 0 Å². The Morgan fingerprint density at radius 3 is 2.75 bits per heavy atom. The van der Waals surface area contributed by atoms with Crippen LogP contribution < -0.4 is 19.5 Å².